The Kier molecular flexibility index (Phi) is 2.20. The summed E-state index contributed by atoms with van der Waals surface area (Å²) in [6.45, 7) is 0.943. The average Bonchev–Trinajstić information content (AvgIpc) is 2.82. The molecule has 78 valence electrons. The Morgan fingerprint density at radius 1 is 1.27 bits per heavy atom. The molecule has 1 aromatic rings. The number of hydrogen-bond acceptors (Lipinski definition) is 2. The monoisotopic (exact) mass is 200 g/mol. The summed E-state index contributed by atoms with van der Waals surface area (Å²) in [6, 6.07) is 9.41. The van der Waals surface area contributed by atoms with Gasteiger partial charge in [-0.15, -0.1) is 0 Å². The van der Waals surface area contributed by atoms with Crippen LogP contribution in [0.25, 0.3) is 0 Å². The molecule has 2 nitrogen and oxygen atoms in total. The Hall–Kier alpha value is -1.31. The summed E-state index contributed by atoms with van der Waals surface area (Å²) in [5.74, 6) is 0.664. The topological polar surface area (TPSA) is 24.4 Å². The Bertz CT molecular complexity index is 376. The van der Waals surface area contributed by atoms with Gasteiger partial charge in [-0.05, 0) is 30.4 Å². The van der Waals surface area contributed by atoms with E-state index in [1.54, 1.807) is 11.1 Å². The molecule has 2 unspecified atom stereocenters. The fourth-order valence-electron chi connectivity index (χ4n) is 2.82. The zero-order valence-electron chi connectivity index (χ0n) is 8.82. The van der Waals surface area contributed by atoms with Crippen molar-refractivity contribution < 1.29 is 0 Å². The minimum absolute atomic E-state index is 0.534. The van der Waals surface area contributed by atoms with E-state index in [-0.39, 0.29) is 0 Å². The van der Waals surface area contributed by atoms with E-state index >= 15 is 0 Å². The molecule has 1 aromatic carbocycles. The number of nitrogens with one attached hydrogen (secondary N) is 1. The molecular formula is C13H16N2. The van der Waals surface area contributed by atoms with Crippen LogP contribution < -0.4 is 5.32 Å². The van der Waals surface area contributed by atoms with Crippen LogP contribution in [0.15, 0.2) is 29.3 Å². The van der Waals surface area contributed by atoms with Crippen molar-refractivity contribution in [1.29, 1.82) is 0 Å². The Balaban J connectivity index is 1.92. The number of aryl methyl sites for hydroxylation is 1. The van der Waals surface area contributed by atoms with Gasteiger partial charge in [-0.25, -0.2) is 0 Å². The van der Waals surface area contributed by atoms with Gasteiger partial charge in [-0.2, -0.15) is 0 Å². The van der Waals surface area contributed by atoms with E-state index in [0.717, 1.165) is 6.54 Å². The van der Waals surface area contributed by atoms with Crippen LogP contribution in [0.4, 0.5) is 0 Å². The van der Waals surface area contributed by atoms with E-state index in [1.165, 1.54) is 19.3 Å². The van der Waals surface area contributed by atoms with E-state index in [0.29, 0.717) is 12.0 Å². The van der Waals surface area contributed by atoms with Crippen molar-refractivity contribution in [3.8, 4) is 0 Å². The minimum atomic E-state index is 0.534. The Labute approximate surface area is 90.4 Å². The molecule has 0 radical (unpaired) electrons. The number of benzene rings is 1. The van der Waals surface area contributed by atoms with Crippen LogP contribution in [0.3, 0.4) is 0 Å². The lowest BCUT2D eigenvalue weighted by Crippen LogP contribution is -2.33. The van der Waals surface area contributed by atoms with E-state index < -0.39 is 0 Å². The van der Waals surface area contributed by atoms with Crippen LogP contribution in [0.2, 0.25) is 0 Å². The van der Waals surface area contributed by atoms with Gasteiger partial charge >= 0.3 is 0 Å². The van der Waals surface area contributed by atoms with Crippen LogP contribution in [0.1, 0.15) is 29.9 Å². The van der Waals surface area contributed by atoms with Crippen LogP contribution in [-0.2, 0) is 6.42 Å². The van der Waals surface area contributed by atoms with E-state index in [2.05, 4.69) is 34.6 Å². The van der Waals surface area contributed by atoms with Gasteiger partial charge in [0.05, 0.1) is 18.9 Å². The molecule has 0 fully saturated rings. The second kappa shape index (κ2) is 3.69. The molecule has 3 rings (SSSR count). The third-order valence-electron chi connectivity index (χ3n) is 3.58. The highest BCUT2D eigenvalue weighted by atomic mass is 15.1. The van der Waals surface area contributed by atoms with Crippen LogP contribution in [0, 0.1) is 0 Å². The standard InChI is InChI=1S/C13H16N2/c1-2-6-11-10(4-1)5-3-7-12(11)13-8-14-9-15-13/h1-2,4,6,9,12-13H,3,5,7-8H2,(H,14,15). The number of fused-ring (bicyclic) bond motifs is 1. The van der Waals surface area contributed by atoms with Crippen LogP contribution in [0.5, 0.6) is 0 Å². The molecule has 1 aliphatic heterocycles. The molecule has 1 aliphatic carbocycles. The molecule has 0 amide bonds. The predicted molar refractivity (Wildman–Crippen MR) is 62.4 cm³/mol. The largest absolute Gasteiger partial charge is 0.371 e. The number of rotatable bonds is 1. The fourth-order valence-corrected chi connectivity index (χ4v) is 2.82. The first-order chi connectivity index (χ1) is 7.45. The van der Waals surface area contributed by atoms with Crippen molar-refractivity contribution in [2.24, 2.45) is 4.99 Å². The quantitative estimate of drug-likeness (QED) is 0.737. The first kappa shape index (κ1) is 8.96. The first-order valence-electron chi connectivity index (χ1n) is 5.77. The number of nitrogens with zero attached hydrogens (tertiary/aromatic N) is 1. The van der Waals surface area contributed by atoms with Crippen LogP contribution in [-0.4, -0.2) is 18.9 Å². The fraction of sp³-hybridized carbons (Fsp3) is 0.462. The van der Waals surface area contributed by atoms with E-state index in [9.17, 15) is 0 Å². The van der Waals surface area contributed by atoms with Crippen molar-refractivity contribution in [2.75, 3.05) is 6.54 Å². The lowest BCUT2D eigenvalue weighted by atomic mass is 9.79. The summed E-state index contributed by atoms with van der Waals surface area (Å²) >= 11 is 0. The summed E-state index contributed by atoms with van der Waals surface area (Å²) in [4.78, 5) is 4.28. The lowest BCUT2D eigenvalue weighted by molar-refractivity contribution is 0.456. The summed E-state index contributed by atoms with van der Waals surface area (Å²) in [6.07, 6.45) is 5.74. The minimum Gasteiger partial charge on any atom is -0.371 e. The normalized spacial score (nSPS) is 28.5. The molecule has 0 bridgehead atoms. The summed E-state index contributed by atoms with van der Waals surface area (Å²) in [5, 5.41) is 3.38. The second-order valence-corrected chi connectivity index (χ2v) is 4.46. The summed E-state index contributed by atoms with van der Waals surface area (Å²) in [7, 11) is 0. The van der Waals surface area contributed by atoms with Gasteiger partial charge in [-0.1, -0.05) is 24.3 Å². The zero-order valence-corrected chi connectivity index (χ0v) is 8.82. The highest BCUT2D eigenvalue weighted by Gasteiger charge is 2.28. The average molecular weight is 200 g/mol. The summed E-state index contributed by atoms with van der Waals surface area (Å²) in [5.41, 5.74) is 3.09. The van der Waals surface area contributed by atoms with Gasteiger partial charge in [0, 0.05) is 5.92 Å². The lowest BCUT2D eigenvalue weighted by Gasteiger charge is -2.29. The molecule has 0 spiro atoms. The maximum Gasteiger partial charge on any atom is 0.0827 e. The van der Waals surface area contributed by atoms with Gasteiger partial charge in [0.2, 0.25) is 0 Å². The van der Waals surface area contributed by atoms with Crippen molar-refractivity contribution in [2.45, 2.75) is 31.2 Å². The third kappa shape index (κ3) is 1.54. The maximum absolute atomic E-state index is 4.28. The zero-order chi connectivity index (χ0) is 10.1. The summed E-state index contributed by atoms with van der Waals surface area (Å²) < 4.78 is 0. The Morgan fingerprint density at radius 3 is 3.07 bits per heavy atom. The molecule has 1 N–H and O–H groups in total. The van der Waals surface area contributed by atoms with Gasteiger partial charge in [0.15, 0.2) is 0 Å². The number of hydrogen-bond donors (Lipinski definition) is 1. The molecule has 0 aromatic heterocycles. The Morgan fingerprint density at radius 2 is 2.20 bits per heavy atom. The van der Waals surface area contributed by atoms with E-state index in [1.807, 2.05) is 6.34 Å². The van der Waals surface area contributed by atoms with Crippen molar-refractivity contribution in [3.05, 3.63) is 35.4 Å². The van der Waals surface area contributed by atoms with Gasteiger partial charge in [0.1, 0.15) is 0 Å². The highest BCUT2D eigenvalue weighted by Crippen LogP contribution is 2.34. The molecule has 2 atom stereocenters. The van der Waals surface area contributed by atoms with Crippen LogP contribution >= 0.6 is 0 Å². The molecular weight excluding hydrogens is 184 g/mol. The highest BCUT2D eigenvalue weighted by molar-refractivity contribution is 5.58. The smallest absolute Gasteiger partial charge is 0.0827 e. The maximum atomic E-state index is 4.28. The number of aliphatic imine (C=N–C) groups is 1. The van der Waals surface area contributed by atoms with Gasteiger partial charge in [0.25, 0.3) is 0 Å². The van der Waals surface area contributed by atoms with E-state index in [4.69, 9.17) is 0 Å². The third-order valence-corrected chi connectivity index (χ3v) is 3.58. The molecule has 2 aliphatic rings. The van der Waals surface area contributed by atoms with Crippen molar-refractivity contribution in [1.82, 2.24) is 5.32 Å². The molecule has 15 heavy (non-hydrogen) atoms. The SMILES string of the molecule is C1=NCC(C2CCCc3ccccc32)N1. The molecule has 0 saturated heterocycles. The van der Waals surface area contributed by atoms with Crippen molar-refractivity contribution >= 4 is 6.34 Å². The second-order valence-electron chi connectivity index (χ2n) is 4.46. The molecule has 1 heterocycles. The molecule has 0 saturated carbocycles. The van der Waals surface area contributed by atoms with Crippen molar-refractivity contribution in [3.63, 3.8) is 0 Å². The van der Waals surface area contributed by atoms with Gasteiger partial charge in [-0.3, -0.25) is 4.99 Å². The predicted octanol–water partition coefficient (Wildman–Crippen LogP) is 2.11. The van der Waals surface area contributed by atoms with Gasteiger partial charge < -0.3 is 5.32 Å². The molecule has 2 heteroatoms. The first-order valence-corrected chi connectivity index (χ1v) is 5.77.